The lowest BCUT2D eigenvalue weighted by Gasteiger charge is -2.17. The number of ether oxygens (including phenoxy) is 1. The van der Waals surface area contributed by atoms with Crippen molar-refractivity contribution >= 4 is 17.3 Å². The largest absolute Gasteiger partial charge is 0.497 e. The Morgan fingerprint density at radius 1 is 1.14 bits per heavy atom. The summed E-state index contributed by atoms with van der Waals surface area (Å²) in [6.45, 7) is 2.21. The minimum Gasteiger partial charge on any atom is -0.497 e. The number of carbonyl (C=O) groups excluding carboxylic acids is 1. The van der Waals surface area contributed by atoms with Gasteiger partial charge in [0.05, 0.1) is 19.2 Å². The Morgan fingerprint density at radius 2 is 1.93 bits per heavy atom. The van der Waals surface area contributed by atoms with Gasteiger partial charge in [0.25, 0.3) is 0 Å². The zero-order chi connectivity index (χ0) is 19.3. The number of methoxy groups -OCH3 is 1. The summed E-state index contributed by atoms with van der Waals surface area (Å²) in [4.78, 5) is 14.7. The van der Waals surface area contributed by atoms with Crippen molar-refractivity contribution in [2.24, 2.45) is 0 Å². The van der Waals surface area contributed by atoms with E-state index in [1.165, 1.54) is 18.5 Å². The van der Waals surface area contributed by atoms with Gasteiger partial charge in [-0.3, -0.25) is 4.79 Å². The third kappa shape index (κ3) is 4.17. The van der Waals surface area contributed by atoms with Crippen LogP contribution in [0.4, 0.5) is 11.4 Å². The fourth-order valence-corrected chi connectivity index (χ4v) is 3.41. The summed E-state index contributed by atoms with van der Waals surface area (Å²) >= 11 is 0. The molecule has 4 rings (SSSR count). The molecule has 0 aliphatic carbocycles. The molecule has 2 heterocycles. The molecule has 0 atom stereocenters. The molecule has 6 nitrogen and oxygen atoms in total. The number of rotatable bonds is 6. The molecule has 2 aromatic carbocycles. The Bertz CT molecular complexity index is 944. The van der Waals surface area contributed by atoms with Gasteiger partial charge < -0.3 is 19.5 Å². The molecule has 0 bridgehead atoms. The predicted octanol–water partition coefficient (Wildman–Crippen LogP) is 4.13. The van der Waals surface area contributed by atoms with Gasteiger partial charge in [-0.25, -0.2) is 0 Å². The Morgan fingerprint density at radius 3 is 2.68 bits per heavy atom. The highest BCUT2D eigenvalue weighted by Gasteiger charge is 2.13. The zero-order valence-electron chi connectivity index (χ0n) is 15.9. The van der Waals surface area contributed by atoms with Crippen LogP contribution in [0.5, 0.6) is 5.75 Å². The van der Waals surface area contributed by atoms with Crippen molar-refractivity contribution in [3.8, 4) is 17.1 Å². The molecule has 1 aliphatic heterocycles. The van der Waals surface area contributed by atoms with Crippen molar-refractivity contribution in [2.75, 3.05) is 30.4 Å². The van der Waals surface area contributed by atoms with Crippen LogP contribution in [0.3, 0.4) is 0 Å². The third-order valence-corrected chi connectivity index (χ3v) is 4.88. The van der Waals surface area contributed by atoms with Gasteiger partial charge in [0, 0.05) is 36.1 Å². The highest BCUT2D eigenvalue weighted by Crippen LogP contribution is 2.25. The first-order valence-electron chi connectivity index (χ1n) is 9.46. The van der Waals surface area contributed by atoms with E-state index in [1.807, 2.05) is 36.4 Å². The van der Waals surface area contributed by atoms with E-state index in [0.717, 1.165) is 30.1 Å². The maximum absolute atomic E-state index is 12.3. The van der Waals surface area contributed by atoms with Crippen molar-refractivity contribution in [1.82, 2.24) is 5.16 Å². The van der Waals surface area contributed by atoms with Gasteiger partial charge in [-0.1, -0.05) is 17.3 Å². The summed E-state index contributed by atoms with van der Waals surface area (Å²) in [6, 6.07) is 17.3. The fraction of sp³-hybridized carbons (Fsp3) is 0.273. The molecule has 1 saturated heterocycles. The van der Waals surface area contributed by atoms with E-state index in [-0.39, 0.29) is 12.3 Å². The predicted molar refractivity (Wildman–Crippen MR) is 109 cm³/mol. The average Bonchev–Trinajstić information content (AvgIpc) is 3.41. The van der Waals surface area contributed by atoms with Gasteiger partial charge in [0.15, 0.2) is 5.76 Å². The molecule has 28 heavy (non-hydrogen) atoms. The quantitative estimate of drug-likeness (QED) is 0.699. The summed E-state index contributed by atoms with van der Waals surface area (Å²) in [5.41, 5.74) is 3.43. The molecule has 1 amide bonds. The number of aromatic nitrogens is 1. The normalized spacial score (nSPS) is 13.5. The maximum atomic E-state index is 12.3. The molecule has 1 aliphatic rings. The summed E-state index contributed by atoms with van der Waals surface area (Å²) in [7, 11) is 1.62. The van der Waals surface area contributed by atoms with E-state index in [4.69, 9.17) is 9.26 Å². The van der Waals surface area contributed by atoms with E-state index < -0.39 is 0 Å². The van der Waals surface area contributed by atoms with E-state index >= 15 is 0 Å². The number of hydrogen-bond donors (Lipinski definition) is 1. The van der Waals surface area contributed by atoms with Crippen LogP contribution in [0.2, 0.25) is 0 Å². The molecular formula is C22H23N3O3. The molecule has 0 radical (unpaired) electrons. The first-order valence-corrected chi connectivity index (χ1v) is 9.46. The number of hydrogen-bond acceptors (Lipinski definition) is 5. The summed E-state index contributed by atoms with van der Waals surface area (Å²) in [5.74, 6) is 1.22. The van der Waals surface area contributed by atoms with Crippen LogP contribution in [0, 0.1) is 0 Å². The van der Waals surface area contributed by atoms with Gasteiger partial charge in [-0.05, 0) is 49.2 Å². The molecule has 6 heteroatoms. The van der Waals surface area contributed by atoms with Gasteiger partial charge in [0.1, 0.15) is 5.75 Å². The molecule has 1 N–H and O–H groups in total. The summed E-state index contributed by atoms with van der Waals surface area (Å²) < 4.78 is 10.6. The Balaban J connectivity index is 1.36. The molecule has 144 valence electrons. The molecule has 0 unspecified atom stereocenters. The Labute approximate surface area is 164 Å². The van der Waals surface area contributed by atoms with Crippen LogP contribution in [0.25, 0.3) is 11.3 Å². The van der Waals surface area contributed by atoms with E-state index in [0.29, 0.717) is 11.5 Å². The van der Waals surface area contributed by atoms with Gasteiger partial charge in [0.2, 0.25) is 5.91 Å². The first kappa shape index (κ1) is 18.1. The van der Waals surface area contributed by atoms with Crippen LogP contribution < -0.4 is 15.0 Å². The van der Waals surface area contributed by atoms with Crippen molar-refractivity contribution < 1.29 is 14.1 Å². The molecule has 1 aromatic heterocycles. The molecule has 0 saturated carbocycles. The topological polar surface area (TPSA) is 67.6 Å². The van der Waals surface area contributed by atoms with Crippen LogP contribution >= 0.6 is 0 Å². The van der Waals surface area contributed by atoms with E-state index in [2.05, 4.69) is 27.5 Å². The second kappa shape index (κ2) is 8.17. The fourth-order valence-electron chi connectivity index (χ4n) is 3.41. The SMILES string of the molecule is COc1cccc(-c2cc(CC(=O)Nc3ccc(N4CCCC4)cc3)no2)c1. The van der Waals surface area contributed by atoms with Crippen LogP contribution in [0.15, 0.2) is 59.1 Å². The molecular weight excluding hydrogens is 354 g/mol. The molecule has 0 spiro atoms. The number of amides is 1. The zero-order valence-corrected chi connectivity index (χ0v) is 15.9. The lowest BCUT2D eigenvalue weighted by Crippen LogP contribution is -2.18. The van der Waals surface area contributed by atoms with Crippen LogP contribution in [0.1, 0.15) is 18.5 Å². The van der Waals surface area contributed by atoms with E-state index in [1.54, 1.807) is 13.2 Å². The van der Waals surface area contributed by atoms with Crippen LogP contribution in [-0.2, 0) is 11.2 Å². The van der Waals surface area contributed by atoms with Crippen molar-refractivity contribution in [3.05, 3.63) is 60.3 Å². The second-order valence-corrected chi connectivity index (χ2v) is 6.88. The standard InChI is InChI=1S/C22H23N3O3/c1-27-20-6-4-5-16(13-20)21-14-18(24-28-21)15-22(26)23-17-7-9-19(10-8-17)25-11-2-3-12-25/h4-10,13-14H,2-3,11-12,15H2,1H3,(H,23,26). The number of nitrogens with zero attached hydrogens (tertiary/aromatic N) is 2. The number of carbonyl (C=O) groups is 1. The Kier molecular flexibility index (Phi) is 5.28. The molecule has 1 fully saturated rings. The highest BCUT2D eigenvalue weighted by atomic mass is 16.5. The summed E-state index contributed by atoms with van der Waals surface area (Å²) in [6.07, 6.45) is 2.64. The minimum atomic E-state index is -0.126. The first-order chi connectivity index (χ1) is 13.7. The highest BCUT2D eigenvalue weighted by molar-refractivity contribution is 5.92. The van der Waals surface area contributed by atoms with Gasteiger partial charge >= 0.3 is 0 Å². The van der Waals surface area contributed by atoms with Crippen LogP contribution in [-0.4, -0.2) is 31.3 Å². The second-order valence-electron chi connectivity index (χ2n) is 6.88. The third-order valence-electron chi connectivity index (χ3n) is 4.88. The minimum absolute atomic E-state index is 0.126. The monoisotopic (exact) mass is 377 g/mol. The van der Waals surface area contributed by atoms with Crippen molar-refractivity contribution in [1.29, 1.82) is 0 Å². The number of anilines is 2. The van der Waals surface area contributed by atoms with Gasteiger partial charge in [-0.2, -0.15) is 0 Å². The Hall–Kier alpha value is -3.28. The summed E-state index contributed by atoms with van der Waals surface area (Å²) in [5, 5.41) is 6.93. The van der Waals surface area contributed by atoms with E-state index in [9.17, 15) is 4.79 Å². The van der Waals surface area contributed by atoms with Crippen molar-refractivity contribution in [3.63, 3.8) is 0 Å². The van der Waals surface area contributed by atoms with Gasteiger partial charge in [-0.15, -0.1) is 0 Å². The average molecular weight is 377 g/mol. The smallest absolute Gasteiger partial charge is 0.230 e. The number of nitrogens with one attached hydrogen (secondary N) is 1. The lowest BCUT2D eigenvalue weighted by atomic mass is 10.1. The van der Waals surface area contributed by atoms with Crippen molar-refractivity contribution in [2.45, 2.75) is 19.3 Å². The maximum Gasteiger partial charge on any atom is 0.230 e. The lowest BCUT2D eigenvalue weighted by molar-refractivity contribution is -0.115. The molecule has 3 aromatic rings. The number of benzene rings is 2.